The van der Waals surface area contributed by atoms with Gasteiger partial charge in [-0.05, 0) is 24.5 Å². The molecule has 0 saturated heterocycles. The van der Waals surface area contributed by atoms with Crippen LogP contribution in [0.15, 0.2) is 30.5 Å². The maximum atomic E-state index is 13.3. The molecule has 2 rings (SSSR count). The van der Waals surface area contributed by atoms with Crippen molar-refractivity contribution in [1.82, 2.24) is 10.3 Å². The van der Waals surface area contributed by atoms with E-state index in [1.165, 1.54) is 12.3 Å². The molecule has 0 aliphatic heterocycles. The first-order valence-corrected chi connectivity index (χ1v) is 6.71. The number of amides is 1. The van der Waals surface area contributed by atoms with Crippen LogP contribution in [0, 0.1) is 5.82 Å². The number of benzene rings is 1. The lowest BCUT2D eigenvalue weighted by Crippen LogP contribution is -2.23. The molecule has 100 valence electrons. The molecule has 0 unspecified atom stereocenters. The van der Waals surface area contributed by atoms with Crippen molar-refractivity contribution in [3.05, 3.63) is 46.7 Å². The lowest BCUT2D eigenvalue weighted by atomic mass is 10.1. The third kappa shape index (κ3) is 3.75. The highest BCUT2D eigenvalue weighted by atomic mass is 32.1. The molecule has 0 aliphatic rings. The van der Waals surface area contributed by atoms with Crippen LogP contribution < -0.4 is 11.1 Å². The zero-order chi connectivity index (χ0) is 13.7. The second kappa shape index (κ2) is 6.29. The molecule has 0 aliphatic carbocycles. The lowest BCUT2D eigenvalue weighted by molar-refractivity contribution is 0.0957. The van der Waals surface area contributed by atoms with Crippen LogP contribution in [0.3, 0.4) is 0 Å². The van der Waals surface area contributed by atoms with Crippen molar-refractivity contribution in [2.75, 3.05) is 12.3 Å². The van der Waals surface area contributed by atoms with Gasteiger partial charge in [0, 0.05) is 6.54 Å². The number of hydrogen-bond donors (Lipinski definition) is 2. The first-order valence-electron chi connectivity index (χ1n) is 5.89. The number of nitrogen functional groups attached to an aromatic ring is 1. The summed E-state index contributed by atoms with van der Waals surface area (Å²) >= 11 is 1.15. The van der Waals surface area contributed by atoms with Crippen LogP contribution in [0.4, 0.5) is 9.52 Å². The maximum absolute atomic E-state index is 13.3. The van der Waals surface area contributed by atoms with Gasteiger partial charge in [-0.25, -0.2) is 9.37 Å². The minimum Gasteiger partial charge on any atom is -0.375 e. The predicted molar refractivity (Wildman–Crippen MR) is 73.6 cm³/mol. The largest absolute Gasteiger partial charge is 0.375 e. The average molecular weight is 279 g/mol. The van der Waals surface area contributed by atoms with Crippen molar-refractivity contribution < 1.29 is 9.18 Å². The summed E-state index contributed by atoms with van der Waals surface area (Å²) in [4.78, 5) is 16.0. The van der Waals surface area contributed by atoms with E-state index < -0.39 is 0 Å². The summed E-state index contributed by atoms with van der Waals surface area (Å²) in [6.45, 7) is 0.491. The molecule has 2 aromatic rings. The molecular formula is C13H14FN3OS. The van der Waals surface area contributed by atoms with E-state index in [2.05, 4.69) is 10.3 Å². The van der Waals surface area contributed by atoms with Crippen LogP contribution in [-0.2, 0) is 6.42 Å². The van der Waals surface area contributed by atoms with E-state index in [1.807, 2.05) is 0 Å². The Labute approximate surface area is 114 Å². The van der Waals surface area contributed by atoms with E-state index in [4.69, 9.17) is 5.73 Å². The van der Waals surface area contributed by atoms with Gasteiger partial charge in [-0.1, -0.05) is 29.5 Å². The fourth-order valence-corrected chi connectivity index (χ4v) is 2.26. The number of rotatable bonds is 5. The first-order chi connectivity index (χ1) is 9.16. The Balaban J connectivity index is 1.75. The fraction of sp³-hybridized carbons (Fsp3) is 0.231. The van der Waals surface area contributed by atoms with Crippen LogP contribution in [-0.4, -0.2) is 17.4 Å². The monoisotopic (exact) mass is 279 g/mol. The van der Waals surface area contributed by atoms with E-state index >= 15 is 0 Å². The van der Waals surface area contributed by atoms with Crippen LogP contribution in [0.2, 0.25) is 0 Å². The SMILES string of the molecule is Nc1ncc(C(=O)NCCCc2ccccc2F)s1. The molecule has 4 nitrogen and oxygen atoms in total. The normalized spacial score (nSPS) is 10.4. The number of aromatic nitrogens is 1. The minimum atomic E-state index is -0.205. The third-order valence-corrected chi connectivity index (χ3v) is 3.44. The Bertz CT molecular complexity index is 571. The minimum absolute atomic E-state index is 0.192. The van der Waals surface area contributed by atoms with Gasteiger partial charge in [0.15, 0.2) is 5.13 Å². The third-order valence-electron chi connectivity index (χ3n) is 2.61. The standard InChI is InChI=1S/C13H14FN3OS/c14-10-6-2-1-4-9(10)5-3-7-16-12(18)11-8-17-13(15)19-11/h1-2,4,6,8H,3,5,7H2,(H2,15,17)(H,16,18). The Morgan fingerprint density at radius 1 is 1.42 bits per heavy atom. The number of carbonyl (C=O) groups is 1. The number of nitrogens with one attached hydrogen (secondary N) is 1. The Kier molecular flexibility index (Phi) is 4.46. The van der Waals surface area contributed by atoms with Gasteiger partial charge in [-0.2, -0.15) is 0 Å². The van der Waals surface area contributed by atoms with Crippen LogP contribution in [0.25, 0.3) is 0 Å². The molecule has 0 saturated carbocycles. The van der Waals surface area contributed by atoms with E-state index in [0.717, 1.165) is 11.3 Å². The predicted octanol–water partition coefficient (Wildman–Crippen LogP) is 2.23. The number of nitrogens with two attached hydrogens (primary N) is 1. The van der Waals surface area contributed by atoms with Crippen molar-refractivity contribution in [2.24, 2.45) is 0 Å². The molecule has 19 heavy (non-hydrogen) atoms. The summed E-state index contributed by atoms with van der Waals surface area (Å²) in [5.41, 5.74) is 6.12. The molecule has 0 spiro atoms. The highest BCUT2D eigenvalue weighted by Gasteiger charge is 2.08. The number of nitrogens with zero attached hydrogens (tertiary/aromatic N) is 1. The molecule has 1 amide bonds. The highest BCUT2D eigenvalue weighted by Crippen LogP contribution is 2.14. The number of hydrogen-bond acceptors (Lipinski definition) is 4. The number of anilines is 1. The maximum Gasteiger partial charge on any atom is 0.263 e. The number of thiazole rings is 1. The summed E-state index contributed by atoms with van der Waals surface area (Å²) in [7, 11) is 0. The van der Waals surface area contributed by atoms with E-state index in [-0.39, 0.29) is 11.7 Å². The molecular weight excluding hydrogens is 265 g/mol. The topological polar surface area (TPSA) is 68.0 Å². The molecule has 0 atom stereocenters. The van der Waals surface area contributed by atoms with Gasteiger partial charge in [-0.15, -0.1) is 0 Å². The van der Waals surface area contributed by atoms with E-state index in [9.17, 15) is 9.18 Å². The Morgan fingerprint density at radius 3 is 2.89 bits per heavy atom. The van der Waals surface area contributed by atoms with Gasteiger partial charge in [0.2, 0.25) is 0 Å². The number of aryl methyl sites for hydroxylation is 1. The van der Waals surface area contributed by atoms with Gasteiger partial charge < -0.3 is 11.1 Å². The Morgan fingerprint density at radius 2 is 2.21 bits per heavy atom. The van der Waals surface area contributed by atoms with Crippen molar-refractivity contribution in [2.45, 2.75) is 12.8 Å². The van der Waals surface area contributed by atoms with Gasteiger partial charge in [-0.3, -0.25) is 4.79 Å². The number of carbonyl (C=O) groups excluding carboxylic acids is 1. The molecule has 0 fully saturated rings. The van der Waals surface area contributed by atoms with E-state index in [0.29, 0.717) is 35.0 Å². The van der Waals surface area contributed by atoms with Crippen LogP contribution >= 0.6 is 11.3 Å². The van der Waals surface area contributed by atoms with Crippen LogP contribution in [0.5, 0.6) is 0 Å². The fourth-order valence-electron chi connectivity index (χ4n) is 1.66. The molecule has 1 heterocycles. The van der Waals surface area contributed by atoms with Gasteiger partial charge in [0.25, 0.3) is 5.91 Å². The Hall–Kier alpha value is -1.95. The molecule has 1 aromatic heterocycles. The van der Waals surface area contributed by atoms with Crippen LogP contribution in [0.1, 0.15) is 21.7 Å². The number of halogens is 1. The quantitative estimate of drug-likeness (QED) is 0.825. The highest BCUT2D eigenvalue weighted by molar-refractivity contribution is 7.17. The van der Waals surface area contributed by atoms with Crippen molar-refractivity contribution >= 4 is 22.4 Å². The summed E-state index contributed by atoms with van der Waals surface area (Å²) in [6.07, 6.45) is 2.73. The van der Waals surface area contributed by atoms with Crippen molar-refractivity contribution in [3.63, 3.8) is 0 Å². The molecule has 6 heteroatoms. The van der Waals surface area contributed by atoms with Gasteiger partial charge >= 0.3 is 0 Å². The van der Waals surface area contributed by atoms with Gasteiger partial charge in [0.1, 0.15) is 10.7 Å². The van der Waals surface area contributed by atoms with Gasteiger partial charge in [0.05, 0.1) is 6.20 Å². The van der Waals surface area contributed by atoms with E-state index in [1.54, 1.807) is 18.2 Å². The smallest absolute Gasteiger partial charge is 0.263 e. The summed E-state index contributed by atoms with van der Waals surface area (Å²) in [5, 5.41) is 3.13. The zero-order valence-corrected chi connectivity index (χ0v) is 11.0. The zero-order valence-electron chi connectivity index (χ0n) is 10.2. The summed E-state index contributed by atoms with van der Waals surface area (Å²) in [5.74, 6) is -0.396. The molecule has 0 bridgehead atoms. The molecule has 0 radical (unpaired) electrons. The summed E-state index contributed by atoms with van der Waals surface area (Å²) < 4.78 is 13.3. The molecule has 3 N–H and O–H groups in total. The summed E-state index contributed by atoms with van der Waals surface area (Å²) in [6, 6.07) is 6.65. The first kappa shape index (κ1) is 13.5. The average Bonchev–Trinajstić information content (AvgIpc) is 2.83. The lowest BCUT2D eigenvalue weighted by Gasteiger charge is -2.04. The second-order valence-electron chi connectivity index (χ2n) is 4.01. The molecule has 1 aromatic carbocycles. The second-order valence-corrected chi connectivity index (χ2v) is 5.08. The van der Waals surface area contributed by atoms with Crippen molar-refractivity contribution in [1.29, 1.82) is 0 Å². The van der Waals surface area contributed by atoms with Crippen molar-refractivity contribution in [3.8, 4) is 0 Å².